The molecule has 0 spiro atoms. The van der Waals surface area contributed by atoms with E-state index in [1.54, 1.807) is 4.31 Å². The number of likely N-dealkylation sites (tertiary alicyclic amines) is 1. The lowest BCUT2D eigenvalue weighted by atomic mass is 9.77. The van der Waals surface area contributed by atoms with Crippen LogP contribution in [0.5, 0.6) is 0 Å². The minimum absolute atomic E-state index is 0.0345. The lowest BCUT2D eigenvalue weighted by Gasteiger charge is -2.34. The summed E-state index contributed by atoms with van der Waals surface area (Å²) in [4.78, 5) is 15.1. The van der Waals surface area contributed by atoms with Crippen molar-refractivity contribution in [2.45, 2.75) is 58.6 Å². The summed E-state index contributed by atoms with van der Waals surface area (Å²) >= 11 is 0. The average molecular weight is 421 g/mol. The van der Waals surface area contributed by atoms with Gasteiger partial charge in [-0.2, -0.15) is 0 Å². The van der Waals surface area contributed by atoms with Gasteiger partial charge in [-0.1, -0.05) is 51.1 Å². The van der Waals surface area contributed by atoms with Crippen molar-refractivity contribution in [2.75, 3.05) is 26.2 Å². The Morgan fingerprint density at radius 1 is 0.966 bits per heavy atom. The predicted molar refractivity (Wildman–Crippen MR) is 117 cm³/mol. The highest BCUT2D eigenvalue weighted by molar-refractivity contribution is 7.88. The molecule has 5 nitrogen and oxygen atoms in total. The van der Waals surface area contributed by atoms with Crippen LogP contribution >= 0.6 is 0 Å². The van der Waals surface area contributed by atoms with E-state index in [4.69, 9.17) is 0 Å². The van der Waals surface area contributed by atoms with Gasteiger partial charge in [0.15, 0.2) is 0 Å². The Morgan fingerprint density at radius 3 is 2.24 bits per heavy atom. The predicted octanol–water partition coefficient (Wildman–Crippen LogP) is 3.90. The number of carbonyl (C=O) groups excluding carboxylic acids is 1. The van der Waals surface area contributed by atoms with E-state index in [1.165, 1.54) is 6.42 Å². The van der Waals surface area contributed by atoms with Crippen LogP contribution in [-0.4, -0.2) is 49.7 Å². The maximum Gasteiger partial charge on any atom is 0.225 e. The highest BCUT2D eigenvalue weighted by Crippen LogP contribution is 2.35. The molecular formula is C23H36N2O3S. The fourth-order valence-corrected chi connectivity index (χ4v) is 6.26. The van der Waals surface area contributed by atoms with Gasteiger partial charge in [-0.25, -0.2) is 12.7 Å². The van der Waals surface area contributed by atoms with E-state index in [0.29, 0.717) is 31.8 Å². The van der Waals surface area contributed by atoms with Crippen LogP contribution in [-0.2, 0) is 20.6 Å². The molecule has 1 aromatic carbocycles. The normalized spacial score (nSPS) is 23.0. The molecular weight excluding hydrogens is 384 g/mol. The smallest absolute Gasteiger partial charge is 0.225 e. The Bertz CT molecular complexity index is 778. The molecule has 0 bridgehead atoms. The average Bonchev–Trinajstić information content (AvgIpc) is 2.94. The molecule has 3 rings (SSSR count). The van der Waals surface area contributed by atoms with E-state index < -0.39 is 10.0 Å². The Morgan fingerprint density at radius 2 is 1.62 bits per heavy atom. The van der Waals surface area contributed by atoms with Gasteiger partial charge in [-0.3, -0.25) is 4.79 Å². The second kappa shape index (κ2) is 9.17. The molecule has 1 unspecified atom stereocenters. The number of hydrogen-bond acceptors (Lipinski definition) is 3. The number of nitrogens with zero attached hydrogens (tertiary/aromatic N) is 2. The maximum atomic E-state index is 13.1. The van der Waals surface area contributed by atoms with E-state index in [2.05, 4.69) is 20.8 Å². The van der Waals surface area contributed by atoms with Crippen LogP contribution in [0, 0.1) is 17.3 Å². The number of rotatable bonds is 4. The minimum Gasteiger partial charge on any atom is -0.342 e. The Kier molecular flexibility index (Phi) is 7.05. The third-order valence-corrected chi connectivity index (χ3v) is 8.50. The van der Waals surface area contributed by atoms with Crippen LogP contribution in [0.1, 0.15) is 58.4 Å². The number of carbonyl (C=O) groups is 1. The monoisotopic (exact) mass is 420 g/mol. The first kappa shape index (κ1) is 22.3. The van der Waals surface area contributed by atoms with Gasteiger partial charge in [-0.05, 0) is 49.0 Å². The van der Waals surface area contributed by atoms with Crippen molar-refractivity contribution < 1.29 is 13.2 Å². The zero-order valence-corrected chi connectivity index (χ0v) is 19.0. The lowest BCUT2D eigenvalue weighted by molar-refractivity contribution is -0.136. The molecule has 0 N–H and O–H groups in total. The summed E-state index contributed by atoms with van der Waals surface area (Å²) in [5, 5.41) is 0. The second-order valence-corrected chi connectivity index (χ2v) is 11.7. The molecule has 2 heterocycles. The minimum atomic E-state index is -3.33. The SMILES string of the molecule is CC(C)(C)C1CCCN(C(=O)C2CCN(S(=O)(=O)Cc3ccccc3)CC2)CC1. The maximum absolute atomic E-state index is 13.1. The van der Waals surface area contributed by atoms with Gasteiger partial charge in [0.2, 0.25) is 15.9 Å². The molecule has 2 saturated heterocycles. The Hall–Kier alpha value is -1.40. The summed E-state index contributed by atoms with van der Waals surface area (Å²) in [6.45, 7) is 9.46. The molecule has 162 valence electrons. The molecule has 2 aliphatic heterocycles. The fourth-order valence-electron chi connectivity index (χ4n) is 4.70. The molecule has 0 radical (unpaired) electrons. The van der Waals surface area contributed by atoms with E-state index in [-0.39, 0.29) is 23.0 Å². The number of amides is 1. The summed E-state index contributed by atoms with van der Waals surface area (Å²) < 4.78 is 27.0. The summed E-state index contributed by atoms with van der Waals surface area (Å²) in [6, 6.07) is 9.30. The first-order valence-electron chi connectivity index (χ1n) is 11.0. The Balaban J connectivity index is 1.53. The highest BCUT2D eigenvalue weighted by atomic mass is 32.2. The summed E-state index contributed by atoms with van der Waals surface area (Å²) in [7, 11) is -3.33. The molecule has 0 aliphatic carbocycles. The highest BCUT2D eigenvalue weighted by Gasteiger charge is 2.34. The van der Waals surface area contributed by atoms with Gasteiger partial charge in [-0.15, -0.1) is 0 Å². The molecule has 0 saturated carbocycles. The van der Waals surface area contributed by atoms with Gasteiger partial charge in [0.05, 0.1) is 5.75 Å². The van der Waals surface area contributed by atoms with Gasteiger partial charge in [0.25, 0.3) is 0 Å². The molecule has 1 aromatic rings. The van der Waals surface area contributed by atoms with Crippen LogP contribution in [0.4, 0.5) is 0 Å². The quantitative estimate of drug-likeness (QED) is 0.742. The molecule has 6 heteroatoms. The van der Waals surface area contributed by atoms with Gasteiger partial charge >= 0.3 is 0 Å². The van der Waals surface area contributed by atoms with Gasteiger partial charge < -0.3 is 4.90 Å². The number of hydrogen-bond donors (Lipinski definition) is 0. The first-order chi connectivity index (χ1) is 13.7. The van der Waals surface area contributed by atoms with E-state index in [9.17, 15) is 13.2 Å². The van der Waals surface area contributed by atoms with Crippen LogP contribution < -0.4 is 0 Å². The molecule has 1 amide bonds. The van der Waals surface area contributed by atoms with Crippen LogP contribution in [0.2, 0.25) is 0 Å². The number of benzene rings is 1. The third-order valence-electron chi connectivity index (χ3n) is 6.65. The van der Waals surface area contributed by atoms with Crippen molar-refractivity contribution in [3.05, 3.63) is 35.9 Å². The van der Waals surface area contributed by atoms with Crippen molar-refractivity contribution in [3.63, 3.8) is 0 Å². The van der Waals surface area contributed by atoms with Crippen molar-refractivity contribution in [1.29, 1.82) is 0 Å². The van der Waals surface area contributed by atoms with E-state index in [1.807, 2.05) is 35.2 Å². The molecule has 29 heavy (non-hydrogen) atoms. The molecule has 2 aliphatic rings. The molecule has 0 aromatic heterocycles. The summed E-state index contributed by atoms with van der Waals surface area (Å²) in [6.07, 6.45) is 4.58. The standard InChI is InChI=1S/C23H36N2O3S/c1-23(2,3)21-10-7-14-24(15-13-21)22(26)20-11-16-25(17-12-20)29(27,28)18-19-8-5-4-6-9-19/h4-6,8-9,20-21H,7,10-18H2,1-3H3. The summed E-state index contributed by atoms with van der Waals surface area (Å²) in [5.74, 6) is 0.890. The zero-order valence-electron chi connectivity index (χ0n) is 18.1. The van der Waals surface area contributed by atoms with Crippen LogP contribution in [0.3, 0.4) is 0 Å². The van der Waals surface area contributed by atoms with Crippen molar-refractivity contribution >= 4 is 15.9 Å². The fraction of sp³-hybridized carbons (Fsp3) is 0.696. The van der Waals surface area contributed by atoms with Crippen molar-refractivity contribution in [1.82, 2.24) is 9.21 Å². The summed E-state index contributed by atoms with van der Waals surface area (Å²) in [5.41, 5.74) is 1.10. The van der Waals surface area contributed by atoms with Gasteiger partial charge in [0.1, 0.15) is 0 Å². The van der Waals surface area contributed by atoms with Crippen LogP contribution in [0.25, 0.3) is 0 Å². The third kappa shape index (κ3) is 5.82. The van der Waals surface area contributed by atoms with Crippen molar-refractivity contribution in [3.8, 4) is 0 Å². The number of sulfonamides is 1. The van der Waals surface area contributed by atoms with Crippen LogP contribution in [0.15, 0.2) is 30.3 Å². The lowest BCUT2D eigenvalue weighted by Crippen LogP contribution is -2.45. The zero-order chi connectivity index (χ0) is 21.1. The Labute approximate surface area is 176 Å². The topological polar surface area (TPSA) is 57.7 Å². The van der Waals surface area contributed by atoms with E-state index >= 15 is 0 Å². The first-order valence-corrected chi connectivity index (χ1v) is 12.6. The van der Waals surface area contributed by atoms with Crippen molar-refractivity contribution in [2.24, 2.45) is 17.3 Å². The van der Waals surface area contributed by atoms with E-state index in [0.717, 1.165) is 31.5 Å². The molecule has 1 atom stereocenters. The van der Waals surface area contributed by atoms with Gasteiger partial charge in [0, 0.05) is 32.1 Å². The second-order valence-electron chi connectivity index (χ2n) is 9.73. The largest absolute Gasteiger partial charge is 0.342 e. The molecule has 2 fully saturated rings. The number of piperidine rings is 1.